The second kappa shape index (κ2) is 5.17. The second-order valence-electron chi connectivity index (χ2n) is 3.05. The third-order valence-electron chi connectivity index (χ3n) is 2.27. The SMILES string of the molecule is CCC=C(C)C(C)=C(C)CC. The van der Waals surface area contributed by atoms with Crippen LogP contribution in [0.25, 0.3) is 0 Å². The summed E-state index contributed by atoms with van der Waals surface area (Å²) in [6, 6.07) is 0. The van der Waals surface area contributed by atoms with Gasteiger partial charge in [0.25, 0.3) is 0 Å². The van der Waals surface area contributed by atoms with E-state index in [0.29, 0.717) is 0 Å². The van der Waals surface area contributed by atoms with E-state index < -0.39 is 0 Å². The van der Waals surface area contributed by atoms with E-state index >= 15 is 0 Å². The summed E-state index contributed by atoms with van der Waals surface area (Å²) in [4.78, 5) is 0. The molecular formula is C11H20. The zero-order chi connectivity index (χ0) is 8.85. The van der Waals surface area contributed by atoms with Gasteiger partial charge in [-0.2, -0.15) is 0 Å². The number of hydrogen-bond donors (Lipinski definition) is 0. The third kappa shape index (κ3) is 3.41. The maximum atomic E-state index is 2.29. The van der Waals surface area contributed by atoms with Crippen LogP contribution < -0.4 is 0 Å². The molecule has 0 N–H and O–H groups in total. The van der Waals surface area contributed by atoms with Gasteiger partial charge in [0, 0.05) is 0 Å². The molecule has 0 fully saturated rings. The lowest BCUT2D eigenvalue weighted by Crippen LogP contribution is -1.84. The molecule has 0 unspecified atom stereocenters. The molecule has 0 aliphatic heterocycles. The maximum Gasteiger partial charge on any atom is -0.0346 e. The number of allylic oxidation sites excluding steroid dienone is 4. The quantitative estimate of drug-likeness (QED) is 0.534. The molecule has 0 amide bonds. The lowest BCUT2D eigenvalue weighted by Gasteiger charge is -2.05. The van der Waals surface area contributed by atoms with Gasteiger partial charge in [0.05, 0.1) is 0 Å². The first-order valence-corrected chi connectivity index (χ1v) is 4.46. The van der Waals surface area contributed by atoms with Crippen LogP contribution in [-0.2, 0) is 0 Å². The van der Waals surface area contributed by atoms with Crippen LogP contribution in [0.1, 0.15) is 47.5 Å². The lowest BCUT2D eigenvalue weighted by molar-refractivity contribution is 1.05. The first-order chi connectivity index (χ1) is 5.13. The molecular weight excluding hydrogens is 132 g/mol. The van der Waals surface area contributed by atoms with Crippen molar-refractivity contribution in [3.8, 4) is 0 Å². The third-order valence-corrected chi connectivity index (χ3v) is 2.27. The van der Waals surface area contributed by atoms with Crippen molar-refractivity contribution in [3.63, 3.8) is 0 Å². The summed E-state index contributed by atoms with van der Waals surface area (Å²) in [5, 5.41) is 0. The van der Waals surface area contributed by atoms with Crippen LogP contribution in [0.2, 0.25) is 0 Å². The first kappa shape index (κ1) is 10.5. The minimum atomic E-state index is 1.14. The fraction of sp³-hybridized carbons (Fsp3) is 0.636. The van der Waals surface area contributed by atoms with Crippen molar-refractivity contribution >= 4 is 0 Å². The molecule has 0 heterocycles. The maximum absolute atomic E-state index is 2.29. The fourth-order valence-corrected chi connectivity index (χ4v) is 1.06. The molecule has 0 rings (SSSR count). The van der Waals surface area contributed by atoms with Crippen LogP contribution in [-0.4, -0.2) is 0 Å². The van der Waals surface area contributed by atoms with Gasteiger partial charge in [0.15, 0.2) is 0 Å². The van der Waals surface area contributed by atoms with E-state index in [1.54, 1.807) is 0 Å². The topological polar surface area (TPSA) is 0 Å². The van der Waals surface area contributed by atoms with Crippen LogP contribution in [0.3, 0.4) is 0 Å². The van der Waals surface area contributed by atoms with Gasteiger partial charge in [0.2, 0.25) is 0 Å². The second-order valence-corrected chi connectivity index (χ2v) is 3.05. The lowest BCUT2D eigenvalue weighted by atomic mass is 10.0. The molecule has 0 aromatic carbocycles. The van der Waals surface area contributed by atoms with Crippen molar-refractivity contribution in [2.24, 2.45) is 0 Å². The van der Waals surface area contributed by atoms with Crippen molar-refractivity contribution in [1.82, 2.24) is 0 Å². The summed E-state index contributed by atoms with van der Waals surface area (Å²) in [7, 11) is 0. The van der Waals surface area contributed by atoms with Crippen molar-refractivity contribution < 1.29 is 0 Å². The van der Waals surface area contributed by atoms with Gasteiger partial charge in [-0.25, -0.2) is 0 Å². The molecule has 11 heavy (non-hydrogen) atoms. The number of rotatable bonds is 3. The van der Waals surface area contributed by atoms with Gasteiger partial charge in [-0.15, -0.1) is 0 Å². The zero-order valence-electron chi connectivity index (χ0n) is 8.49. The van der Waals surface area contributed by atoms with Gasteiger partial charge in [-0.1, -0.05) is 31.1 Å². The summed E-state index contributed by atoms with van der Waals surface area (Å²) in [6.45, 7) is 11.0. The standard InChI is InChI=1S/C11H20/c1-6-8-10(4)11(5)9(3)7-2/h8H,6-7H2,1-5H3. The highest BCUT2D eigenvalue weighted by Gasteiger charge is 1.95. The monoisotopic (exact) mass is 152 g/mol. The molecule has 0 aromatic rings. The molecule has 0 bridgehead atoms. The van der Waals surface area contributed by atoms with Crippen LogP contribution in [0.5, 0.6) is 0 Å². The van der Waals surface area contributed by atoms with E-state index in [2.05, 4.69) is 40.7 Å². The summed E-state index contributed by atoms with van der Waals surface area (Å²) >= 11 is 0. The van der Waals surface area contributed by atoms with Gasteiger partial charge in [-0.05, 0) is 39.2 Å². The van der Waals surface area contributed by atoms with E-state index in [1.807, 2.05) is 0 Å². The molecule has 0 aliphatic carbocycles. The van der Waals surface area contributed by atoms with Crippen LogP contribution >= 0.6 is 0 Å². The number of hydrogen-bond acceptors (Lipinski definition) is 0. The Labute approximate surface area is 71.0 Å². The van der Waals surface area contributed by atoms with E-state index in [-0.39, 0.29) is 0 Å². The van der Waals surface area contributed by atoms with Crippen LogP contribution in [0, 0.1) is 0 Å². The van der Waals surface area contributed by atoms with Gasteiger partial charge < -0.3 is 0 Å². The highest BCUT2D eigenvalue weighted by molar-refractivity contribution is 5.30. The fourth-order valence-electron chi connectivity index (χ4n) is 1.06. The first-order valence-electron chi connectivity index (χ1n) is 4.46. The summed E-state index contributed by atoms with van der Waals surface area (Å²) < 4.78 is 0. The molecule has 0 aromatic heterocycles. The van der Waals surface area contributed by atoms with Crippen molar-refractivity contribution in [1.29, 1.82) is 0 Å². The minimum Gasteiger partial charge on any atom is -0.0816 e. The minimum absolute atomic E-state index is 1.14. The van der Waals surface area contributed by atoms with Crippen LogP contribution in [0.15, 0.2) is 22.8 Å². The Hall–Kier alpha value is -0.520. The summed E-state index contributed by atoms with van der Waals surface area (Å²) in [6.07, 6.45) is 4.59. The van der Waals surface area contributed by atoms with Crippen LogP contribution in [0.4, 0.5) is 0 Å². The Morgan fingerprint density at radius 1 is 1.09 bits per heavy atom. The van der Waals surface area contributed by atoms with E-state index in [4.69, 9.17) is 0 Å². The van der Waals surface area contributed by atoms with Crippen molar-refractivity contribution in [3.05, 3.63) is 22.8 Å². The van der Waals surface area contributed by atoms with Gasteiger partial charge >= 0.3 is 0 Å². The Kier molecular flexibility index (Phi) is 4.93. The van der Waals surface area contributed by atoms with Gasteiger partial charge in [-0.3, -0.25) is 0 Å². The van der Waals surface area contributed by atoms with Crippen molar-refractivity contribution in [2.75, 3.05) is 0 Å². The summed E-state index contributed by atoms with van der Waals surface area (Å²) in [5.41, 5.74) is 4.41. The van der Waals surface area contributed by atoms with E-state index in [1.165, 1.54) is 23.1 Å². The molecule has 0 heteroatoms. The average molecular weight is 152 g/mol. The molecule has 0 radical (unpaired) electrons. The molecule has 0 nitrogen and oxygen atoms in total. The van der Waals surface area contributed by atoms with Crippen molar-refractivity contribution in [2.45, 2.75) is 47.5 Å². The molecule has 0 saturated heterocycles. The Bertz CT molecular complexity index is 170. The molecule has 0 spiro atoms. The summed E-state index contributed by atoms with van der Waals surface area (Å²) in [5.74, 6) is 0. The zero-order valence-corrected chi connectivity index (χ0v) is 8.49. The molecule has 64 valence electrons. The smallest absolute Gasteiger partial charge is 0.0346 e. The molecule has 0 saturated carbocycles. The predicted molar refractivity (Wildman–Crippen MR) is 52.7 cm³/mol. The Morgan fingerprint density at radius 3 is 2.00 bits per heavy atom. The Balaban J connectivity index is 4.46. The average Bonchev–Trinajstić information content (AvgIpc) is 2.02. The van der Waals surface area contributed by atoms with E-state index in [9.17, 15) is 0 Å². The predicted octanol–water partition coefficient (Wildman–Crippen LogP) is 4.09. The highest BCUT2D eigenvalue weighted by Crippen LogP contribution is 2.15. The normalized spacial score (nSPS) is 14.8. The molecule has 0 atom stereocenters. The van der Waals surface area contributed by atoms with E-state index in [0.717, 1.165) is 6.42 Å². The largest absolute Gasteiger partial charge is 0.0816 e. The van der Waals surface area contributed by atoms with Gasteiger partial charge in [0.1, 0.15) is 0 Å². The molecule has 0 aliphatic rings. The Morgan fingerprint density at radius 2 is 1.64 bits per heavy atom. The highest BCUT2D eigenvalue weighted by atomic mass is 14.0.